The summed E-state index contributed by atoms with van der Waals surface area (Å²) in [5, 5.41) is 2.99. The van der Waals surface area contributed by atoms with E-state index in [1.165, 1.54) is 5.69 Å². The van der Waals surface area contributed by atoms with Gasteiger partial charge in [0.15, 0.2) is 0 Å². The fraction of sp³-hybridized carbons (Fsp3) is 0.381. The summed E-state index contributed by atoms with van der Waals surface area (Å²) in [5.41, 5.74) is 4.92. The molecule has 1 N–H and O–H groups in total. The summed E-state index contributed by atoms with van der Waals surface area (Å²) in [4.78, 5) is 19.3. The van der Waals surface area contributed by atoms with Crippen LogP contribution in [-0.2, 0) is 0 Å². The molecular weight excluding hydrogens is 324 g/mol. The maximum atomic E-state index is 12.5. The van der Waals surface area contributed by atoms with Gasteiger partial charge in [-0.3, -0.25) is 4.79 Å². The highest BCUT2D eigenvalue weighted by Gasteiger charge is 2.14. The maximum Gasteiger partial charge on any atom is 0.255 e. The molecule has 26 heavy (non-hydrogen) atoms. The van der Waals surface area contributed by atoms with Crippen LogP contribution >= 0.6 is 0 Å². The molecule has 0 bridgehead atoms. The first-order chi connectivity index (χ1) is 12.4. The molecule has 2 aromatic carbocycles. The van der Waals surface area contributed by atoms with Gasteiger partial charge in [-0.05, 0) is 62.0 Å². The van der Waals surface area contributed by atoms with Crippen LogP contribution in [0.25, 0.3) is 0 Å². The number of rotatable bonds is 4. The number of piperazine rings is 1. The number of hydrogen-bond donors (Lipinski definition) is 1. The van der Waals surface area contributed by atoms with Crippen molar-refractivity contribution < 1.29 is 4.79 Å². The second kappa shape index (κ2) is 7.79. The third-order valence-corrected chi connectivity index (χ3v) is 4.93. The predicted molar refractivity (Wildman–Crippen MR) is 110 cm³/mol. The lowest BCUT2D eigenvalue weighted by molar-refractivity contribution is 0.102. The standard InChI is InChI=1S/C21H28N4O/c1-16-15-17(5-10-20(16)23(2)3)21(26)22-18-6-8-19(9-7-18)25-13-11-24(4)12-14-25/h5-10,15H,11-14H2,1-4H3,(H,22,26). The van der Waals surface area contributed by atoms with Crippen molar-refractivity contribution in [3.8, 4) is 0 Å². The normalized spacial score (nSPS) is 15.0. The van der Waals surface area contributed by atoms with E-state index in [0.29, 0.717) is 5.56 Å². The van der Waals surface area contributed by atoms with Gasteiger partial charge in [-0.15, -0.1) is 0 Å². The molecular formula is C21H28N4O. The van der Waals surface area contributed by atoms with Crippen LogP contribution in [0.5, 0.6) is 0 Å². The molecule has 1 amide bonds. The van der Waals surface area contributed by atoms with E-state index in [4.69, 9.17) is 0 Å². The summed E-state index contributed by atoms with van der Waals surface area (Å²) in [6.07, 6.45) is 0. The lowest BCUT2D eigenvalue weighted by atomic mass is 10.1. The SMILES string of the molecule is Cc1cc(C(=O)Nc2ccc(N3CCN(C)CC3)cc2)ccc1N(C)C. The first-order valence-corrected chi connectivity index (χ1v) is 9.07. The summed E-state index contributed by atoms with van der Waals surface area (Å²) in [7, 11) is 6.16. The molecule has 0 aromatic heterocycles. The Balaban J connectivity index is 1.65. The highest BCUT2D eigenvalue weighted by atomic mass is 16.1. The van der Waals surface area contributed by atoms with Crippen LogP contribution in [0.3, 0.4) is 0 Å². The Morgan fingerprint density at radius 2 is 1.65 bits per heavy atom. The van der Waals surface area contributed by atoms with E-state index in [0.717, 1.165) is 43.1 Å². The summed E-state index contributed by atoms with van der Waals surface area (Å²) in [6.45, 7) is 6.28. The lowest BCUT2D eigenvalue weighted by Gasteiger charge is -2.34. The molecule has 2 aromatic rings. The minimum Gasteiger partial charge on any atom is -0.377 e. The number of benzene rings is 2. The Kier molecular flexibility index (Phi) is 5.47. The zero-order chi connectivity index (χ0) is 18.7. The molecule has 0 spiro atoms. The summed E-state index contributed by atoms with van der Waals surface area (Å²) in [5.74, 6) is -0.0780. The van der Waals surface area contributed by atoms with Crippen LogP contribution in [0.4, 0.5) is 17.1 Å². The third-order valence-electron chi connectivity index (χ3n) is 4.93. The smallest absolute Gasteiger partial charge is 0.255 e. The minimum absolute atomic E-state index is 0.0780. The van der Waals surface area contributed by atoms with Crippen LogP contribution < -0.4 is 15.1 Å². The number of hydrogen-bond acceptors (Lipinski definition) is 4. The average molecular weight is 352 g/mol. The first kappa shape index (κ1) is 18.3. The Bertz CT molecular complexity index is 762. The molecule has 0 atom stereocenters. The Hall–Kier alpha value is -2.53. The van der Waals surface area contributed by atoms with E-state index >= 15 is 0 Å². The number of amides is 1. The van der Waals surface area contributed by atoms with Crippen LogP contribution in [0.15, 0.2) is 42.5 Å². The van der Waals surface area contributed by atoms with Crippen molar-refractivity contribution in [2.75, 3.05) is 62.4 Å². The second-order valence-corrected chi connectivity index (χ2v) is 7.19. The molecule has 0 aliphatic carbocycles. The zero-order valence-electron chi connectivity index (χ0n) is 16.1. The maximum absolute atomic E-state index is 12.5. The van der Waals surface area contributed by atoms with Gasteiger partial charge in [0, 0.05) is 62.9 Å². The average Bonchev–Trinajstić information content (AvgIpc) is 2.62. The highest BCUT2D eigenvalue weighted by Crippen LogP contribution is 2.22. The van der Waals surface area contributed by atoms with Crippen molar-refractivity contribution >= 4 is 23.0 Å². The molecule has 3 rings (SSSR count). The van der Waals surface area contributed by atoms with Gasteiger partial charge in [0.05, 0.1) is 0 Å². The Labute approximate surface area is 156 Å². The molecule has 5 heteroatoms. The molecule has 1 heterocycles. The fourth-order valence-electron chi connectivity index (χ4n) is 3.32. The molecule has 5 nitrogen and oxygen atoms in total. The van der Waals surface area contributed by atoms with Gasteiger partial charge in [0.2, 0.25) is 0 Å². The van der Waals surface area contributed by atoms with E-state index in [1.54, 1.807) is 0 Å². The van der Waals surface area contributed by atoms with Gasteiger partial charge in [-0.25, -0.2) is 0 Å². The van der Waals surface area contributed by atoms with Crippen LogP contribution in [0.1, 0.15) is 15.9 Å². The topological polar surface area (TPSA) is 38.8 Å². The predicted octanol–water partition coefficient (Wildman–Crippen LogP) is 3.07. The van der Waals surface area contributed by atoms with Gasteiger partial charge < -0.3 is 20.0 Å². The molecule has 1 aliphatic rings. The largest absolute Gasteiger partial charge is 0.377 e. The van der Waals surface area contributed by atoms with E-state index in [1.807, 2.05) is 56.3 Å². The molecule has 138 valence electrons. The van der Waals surface area contributed by atoms with Gasteiger partial charge in [-0.2, -0.15) is 0 Å². The number of carbonyl (C=O) groups excluding carboxylic acids is 1. The molecule has 1 aliphatic heterocycles. The highest BCUT2D eigenvalue weighted by molar-refractivity contribution is 6.04. The van der Waals surface area contributed by atoms with Crippen molar-refractivity contribution in [1.82, 2.24) is 4.90 Å². The van der Waals surface area contributed by atoms with Crippen LogP contribution in [0.2, 0.25) is 0 Å². The first-order valence-electron chi connectivity index (χ1n) is 9.07. The zero-order valence-corrected chi connectivity index (χ0v) is 16.1. The van der Waals surface area contributed by atoms with E-state index in [2.05, 4.69) is 34.3 Å². The van der Waals surface area contributed by atoms with Gasteiger partial charge in [0.25, 0.3) is 5.91 Å². The van der Waals surface area contributed by atoms with Crippen molar-refractivity contribution in [2.24, 2.45) is 0 Å². The van der Waals surface area contributed by atoms with Crippen molar-refractivity contribution in [2.45, 2.75) is 6.92 Å². The lowest BCUT2D eigenvalue weighted by Crippen LogP contribution is -2.44. The van der Waals surface area contributed by atoms with Crippen molar-refractivity contribution in [3.05, 3.63) is 53.6 Å². The van der Waals surface area contributed by atoms with E-state index < -0.39 is 0 Å². The quantitative estimate of drug-likeness (QED) is 0.918. The van der Waals surface area contributed by atoms with E-state index in [-0.39, 0.29) is 5.91 Å². The Morgan fingerprint density at radius 3 is 2.23 bits per heavy atom. The van der Waals surface area contributed by atoms with Gasteiger partial charge in [-0.1, -0.05) is 0 Å². The van der Waals surface area contributed by atoms with Crippen LogP contribution in [0, 0.1) is 6.92 Å². The third kappa shape index (κ3) is 4.17. The van der Waals surface area contributed by atoms with Crippen molar-refractivity contribution in [1.29, 1.82) is 0 Å². The summed E-state index contributed by atoms with van der Waals surface area (Å²) in [6, 6.07) is 13.9. The number of likely N-dealkylation sites (N-methyl/N-ethyl adjacent to an activating group) is 1. The molecule has 1 saturated heterocycles. The minimum atomic E-state index is -0.0780. The summed E-state index contributed by atoms with van der Waals surface area (Å²) < 4.78 is 0. The number of carbonyl (C=O) groups is 1. The second-order valence-electron chi connectivity index (χ2n) is 7.19. The van der Waals surface area contributed by atoms with Gasteiger partial charge in [0.1, 0.15) is 0 Å². The number of aryl methyl sites for hydroxylation is 1. The monoisotopic (exact) mass is 352 g/mol. The van der Waals surface area contributed by atoms with E-state index in [9.17, 15) is 4.79 Å². The number of nitrogens with zero attached hydrogens (tertiary/aromatic N) is 3. The molecule has 0 saturated carbocycles. The molecule has 0 radical (unpaired) electrons. The number of nitrogens with one attached hydrogen (secondary N) is 1. The molecule has 0 unspecified atom stereocenters. The number of anilines is 3. The van der Waals surface area contributed by atoms with Gasteiger partial charge >= 0.3 is 0 Å². The fourth-order valence-corrected chi connectivity index (χ4v) is 3.32. The Morgan fingerprint density at radius 1 is 1.00 bits per heavy atom. The summed E-state index contributed by atoms with van der Waals surface area (Å²) >= 11 is 0. The van der Waals surface area contributed by atoms with Crippen molar-refractivity contribution in [3.63, 3.8) is 0 Å². The molecule has 1 fully saturated rings. The van der Waals surface area contributed by atoms with Crippen LogP contribution in [-0.4, -0.2) is 58.1 Å².